The number of sulfone groups is 1. The summed E-state index contributed by atoms with van der Waals surface area (Å²) in [5.41, 5.74) is 10.4. The highest BCUT2D eigenvalue weighted by Gasteiger charge is 2.33. The van der Waals surface area contributed by atoms with Crippen LogP contribution in [-0.2, 0) is 22.7 Å². The number of rotatable bonds is 2. The minimum Gasteiger partial charge on any atom is -0.324 e. The Morgan fingerprint density at radius 2 is 1.86 bits per heavy atom. The van der Waals surface area contributed by atoms with Crippen LogP contribution in [0.2, 0.25) is 0 Å². The number of nitrogens with two attached hydrogens (primary N) is 1. The van der Waals surface area contributed by atoms with Crippen molar-refractivity contribution >= 4 is 20.6 Å². The van der Waals surface area contributed by atoms with E-state index in [0.29, 0.717) is 6.42 Å². The SMILES string of the molecule is NC(c1ccc2c3c(cccc13)CC2)C1CCS(=O)(=O)C1. The zero-order chi connectivity index (χ0) is 14.6. The Hall–Kier alpha value is -1.39. The third-order valence-electron chi connectivity index (χ3n) is 5.05. The summed E-state index contributed by atoms with van der Waals surface area (Å²) >= 11 is 0. The number of benzene rings is 2. The predicted octanol–water partition coefficient (Wildman–Crippen LogP) is 2.37. The van der Waals surface area contributed by atoms with Gasteiger partial charge in [-0.05, 0) is 52.6 Å². The van der Waals surface area contributed by atoms with E-state index < -0.39 is 9.84 Å². The molecule has 1 aliphatic heterocycles. The standard InChI is InChI=1S/C17H19NO2S/c18-17(13-8-9-21(19,20)10-13)15-7-6-12-5-4-11-2-1-3-14(15)16(11)12/h1-3,6-7,13,17H,4-5,8-10,18H2. The second-order valence-electron chi connectivity index (χ2n) is 6.34. The molecule has 4 heteroatoms. The molecule has 1 aliphatic carbocycles. The second-order valence-corrected chi connectivity index (χ2v) is 8.57. The van der Waals surface area contributed by atoms with Gasteiger partial charge in [0.05, 0.1) is 11.5 Å². The Kier molecular flexibility index (Phi) is 2.88. The van der Waals surface area contributed by atoms with Crippen molar-refractivity contribution < 1.29 is 8.42 Å². The molecule has 0 bridgehead atoms. The van der Waals surface area contributed by atoms with E-state index in [0.717, 1.165) is 18.4 Å². The largest absolute Gasteiger partial charge is 0.324 e. The lowest BCUT2D eigenvalue weighted by Crippen LogP contribution is -2.22. The molecule has 0 saturated carbocycles. The van der Waals surface area contributed by atoms with Gasteiger partial charge in [0.25, 0.3) is 0 Å². The summed E-state index contributed by atoms with van der Waals surface area (Å²) in [6, 6.07) is 10.5. The monoisotopic (exact) mass is 301 g/mol. The van der Waals surface area contributed by atoms with Crippen molar-refractivity contribution in [3.8, 4) is 0 Å². The van der Waals surface area contributed by atoms with Crippen LogP contribution in [0.1, 0.15) is 29.2 Å². The van der Waals surface area contributed by atoms with Gasteiger partial charge < -0.3 is 5.73 Å². The van der Waals surface area contributed by atoms with Crippen LogP contribution in [0.15, 0.2) is 30.3 Å². The molecule has 0 aromatic heterocycles. The molecule has 2 unspecified atom stereocenters. The number of hydrogen-bond donors (Lipinski definition) is 1. The van der Waals surface area contributed by atoms with Crippen molar-refractivity contribution in [2.75, 3.05) is 11.5 Å². The summed E-state index contributed by atoms with van der Waals surface area (Å²) in [5.74, 6) is 0.567. The van der Waals surface area contributed by atoms with Crippen LogP contribution in [0.3, 0.4) is 0 Å². The van der Waals surface area contributed by atoms with E-state index in [1.807, 2.05) is 0 Å². The van der Waals surface area contributed by atoms with Gasteiger partial charge in [0.2, 0.25) is 0 Å². The quantitative estimate of drug-likeness (QED) is 0.926. The summed E-state index contributed by atoms with van der Waals surface area (Å²) in [6.45, 7) is 0. The first-order chi connectivity index (χ1) is 10.1. The molecule has 0 amide bonds. The summed E-state index contributed by atoms with van der Waals surface area (Å²) in [7, 11) is -2.89. The van der Waals surface area contributed by atoms with Crippen LogP contribution >= 0.6 is 0 Å². The topological polar surface area (TPSA) is 60.2 Å². The lowest BCUT2D eigenvalue weighted by atomic mass is 9.88. The molecule has 0 spiro atoms. The first-order valence-corrected chi connectivity index (χ1v) is 9.37. The van der Waals surface area contributed by atoms with Gasteiger partial charge in [-0.2, -0.15) is 0 Å². The summed E-state index contributed by atoms with van der Waals surface area (Å²) in [5, 5.41) is 2.57. The van der Waals surface area contributed by atoms with Gasteiger partial charge >= 0.3 is 0 Å². The molecule has 21 heavy (non-hydrogen) atoms. The molecular weight excluding hydrogens is 282 g/mol. The number of aryl methyl sites for hydroxylation is 2. The van der Waals surface area contributed by atoms with Crippen LogP contribution < -0.4 is 5.73 Å². The Bertz CT molecular complexity index is 816. The maximum Gasteiger partial charge on any atom is 0.150 e. The highest BCUT2D eigenvalue weighted by Crippen LogP contribution is 2.38. The van der Waals surface area contributed by atoms with Gasteiger partial charge in [-0.25, -0.2) is 8.42 Å². The fraction of sp³-hybridized carbons (Fsp3) is 0.412. The summed E-state index contributed by atoms with van der Waals surface area (Å²) in [6.07, 6.45) is 2.89. The van der Waals surface area contributed by atoms with E-state index in [4.69, 9.17) is 5.73 Å². The van der Waals surface area contributed by atoms with E-state index in [-0.39, 0.29) is 23.5 Å². The van der Waals surface area contributed by atoms with Crippen molar-refractivity contribution in [2.24, 2.45) is 11.7 Å². The molecule has 2 aromatic rings. The van der Waals surface area contributed by atoms with E-state index in [1.54, 1.807) is 0 Å². The molecule has 4 rings (SSSR count). The predicted molar refractivity (Wildman–Crippen MR) is 85.0 cm³/mol. The van der Waals surface area contributed by atoms with Gasteiger partial charge in [-0.15, -0.1) is 0 Å². The van der Waals surface area contributed by atoms with E-state index in [1.165, 1.54) is 21.9 Å². The molecular formula is C17H19NO2S. The van der Waals surface area contributed by atoms with Crippen molar-refractivity contribution in [1.82, 2.24) is 0 Å². The normalized spacial score (nSPS) is 24.5. The molecule has 2 aliphatic rings. The van der Waals surface area contributed by atoms with Gasteiger partial charge in [0.1, 0.15) is 0 Å². The Morgan fingerprint density at radius 3 is 2.57 bits per heavy atom. The zero-order valence-corrected chi connectivity index (χ0v) is 12.7. The van der Waals surface area contributed by atoms with Gasteiger partial charge in [0.15, 0.2) is 9.84 Å². The third-order valence-corrected chi connectivity index (χ3v) is 6.84. The molecule has 2 aromatic carbocycles. The Morgan fingerprint density at radius 1 is 1.10 bits per heavy atom. The third kappa shape index (κ3) is 2.09. The van der Waals surface area contributed by atoms with Gasteiger partial charge in [-0.3, -0.25) is 0 Å². The van der Waals surface area contributed by atoms with Crippen molar-refractivity contribution in [3.63, 3.8) is 0 Å². The van der Waals surface area contributed by atoms with Crippen molar-refractivity contribution in [3.05, 3.63) is 47.0 Å². The van der Waals surface area contributed by atoms with Crippen LogP contribution in [-0.4, -0.2) is 19.9 Å². The molecule has 0 radical (unpaired) electrons. The smallest absolute Gasteiger partial charge is 0.150 e. The summed E-state index contributed by atoms with van der Waals surface area (Å²) in [4.78, 5) is 0. The molecule has 1 fully saturated rings. The van der Waals surface area contributed by atoms with E-state index >= 15 is 0 Å². The lowest BCUT2D eigenvalue weighted by Gasteiger charge is -2.20. The minimum atomic E-state index is -2.89. The second kappa shape index (κ2) is 4.55. The Balaban J connectivity index is 1.81. The van der Waals surface area contributed by atoms with Crippen LogP contribution in [0.25, 0.3) is 10.8 Å². The fourth-order valence-corrected chi connectivity index (χ4v) is 5.78. The van der Waals surface area contributed by atoms with Gasteiger partial charge in [-0.1, -0.05) is 30.3 Å². The molecule has 1 heterocycles. The van der Waals surface area contributed by atoms with Crippen molar-refractivity contribution in [1.29, 1.82) is 0 Å². The minimum absolute atomic E-state index is 0.0495. The Labute approximate surface area is 125 Å². The highest BCUT2D eigenvalue weighted by atomic mass is 32.2. The molecule has 2 N–H and O–H groups in total. The highest BCUT2D eigenvalue weighted by molar-refractivity contribution is 7.91. The number of hydrogen-bond acceptors (Lipinski definition) is 3. The maximum atomic E-state index is 11.7. The van der Waals surface area contributed by atoms with Gasteiger partial charge in [0, 0.05) is 6.04 Å². The van der Waals surface area contributed by atoms with Crippen LogP contribution in [0, 0.1) is 5.92 Å². The van der Waals surface area contributed by atoms with Crippen LogP contribution in [0.4, 0.5) is 0 Å². The maximum absolute atomic E-state index is 11.7. The van der Waals surface area contributed by atoms with E-state index in [9.17, 15) is 8.42 Å². The van der Waals surface area contributed by atoms with Crippen LogP contribution in [0.5, 0.6) is 0 Å². The molecule has 2 atom stereocenters. The lowest BCUT2D eigenvalue weighted by molar-refractivity contribution is 0.482. The van der Waals surface area contributed by atoms with Crippen molar-refractivity contribution in [2.45, 2.75) is 25.3 Å². The fourth-order valence-electron chi connectivity index (χ4n) is 3.92. The zero-order valence-electron chi connectivity index (χ0n) is 11.9. The molecule has 3 nitrogen and oxygen atoms in total. The molecule has 110 valence electrons. The first-order valence-electron chi connectivity index (χ1n) is 7.54. The van der Waals surface area contributed by atoms with E-state index in [2.05, 4.69) is 30.3 Å². The molecule has 1 saturated heterocycles. The average molecular weight is 301 g/mol. The average Bonchev–Trinajstić information content (AvgIpc) is 3.04. The summed E-state index contributed by atoms with van der Waals surface area (Å²) < 4.78 is 23.4. The first kappa shape index (κ1) is 13.3.